The third-order valence-corrected chi connectivity index (χ3v) is 3.71. The van der Waals surface area contributed by atoms with Gasteiger partial charge in [0.05, 0.1) is 10.6 Å². The summed E-state index contributed by atoms with van der Waals surface area (Å²) in [4.78, 5) is 14.1. The molecule has 110 valence electrons. The van der Waals surface area contributed by atoms with Gasteiger partial charge in [-0.1, -0.05) is 35.8 Å². The van der Waals surface area contributed by atoms with E-state index in [1.165, 1.54) is 0 Å². The average Bonchev–Trinajstić information content (AvgIpc) is 2.45. The molecule has 0 aliphatic carbocycles. The van der Waals surface area contributed by atoms with Crippen LogP contribution in [0.3, 0.4) is 0 Å². The van der Waals surface area contributed by atoms with Crippen LogP contribution >= 0.6 is 11.6 Å². The Hall–Kier alpha value is -1.75. The van der Waals surface area contributed by atoms with Crippen molar-refractivity contribution >= 4 is 23.3 Å². The fourth-order valence-electron chi connectivity index (χ4n) is 1.86. The summed E-state index contributed by atoms with van der Waals surface area (Å²) >= 11 is 6.18. The standard InChI is InChI=1S/C14H20ClN3O2/c1-4-18(8-10(3)13(16)17-20)14(19)11-7-5-6-9(2)12(11)15/h5-7,10,20H,4,8H2,1-3H3,(H2,16,17). The van der Waals surface area contributed by atoms with Gasteiger partial charge in [0.1, 0.15) is 5.84 Å². The molecule has 0 aromatic heterocycles. The van der Waals surface area contributed by atoms with Crippen LogP contribution in [0.1, 0.15) is 29.8 Å². The zero-order valence-electron chi connectivity index (χ0n) is 11.9. The van der Waals surface area contributed by atoms with Gasteiger partial charge in [-0.3, -0.25) is 4.79 Å². The van der Waals surface area contributed by atoms with E-state index in [2.05, 4.69) is 5.16 Å². The second-order valence-electron chi connectivity index (χ2n) is 4.71. The normalized spacial score (nSPS) is 13.1. The smallest absolute Gasteiger partial charge is 0.255 e. The lowest BCUT2D eigenvalue weighted by Gasteiger charge is -2.24. The maximum Gasteiger partial charge on any atom is 0.255 e. The van der Waals surface area contributed by atoms with Gasteiger partial charge in [-0.25, -0.2) is 0 Å². The Morgan fingerprint density at radius 3 is 2.75 bits per heavy atom. The molecule has 0 heterocycles. The number of rotatable bonds is 5. The molecule has 3 N–H and O–H groups in total. The molecule has 0 spiro atoms. The van der Waals surface area contributed by atoms with E-state index < -0.39 is 0 Å². The van der Waals surface area contributed by atoms with Crippen molar-refractivity contribution in [2.75, 3.05) is 13.1 Å². The molecule has 0 radical (unpaired) electrons. The first-order chi connectivity index (χ1) is 9.42. The highest BCUT2D eigenvalue weighted by Crippen LogP contribution is 2.22. The van der Waals surface area contributed by atoms with Crippen molar-refractivity contribution in [2.45, 2.75) is 20.8 Å². The Balaban J connectivity index is 2.95. The minimum absolute atomic E-state index is 0.103. The summed E-state index contributed by atoms with van der Waals surface area (Å²) in [7, 11) is 0. The molecule has 0 aliphatic heterocycles. The zero-order valence-corrected chi connectivity index (χ0v) is 12.7. The molecule has 1 aromatic carbocycles. The van der Waals surface area contributed by atoms with Crippen molar-refractivity contribution in [2.24, 2.45) is 16.8 Å². The van der Waals surface area contributed by atoms with Crippen LogP contribution in [0.5, 0.6) is 0 Å². The minimum atomic E-state index is -0.229. The van der Waals surface area contributed by atoms with Gasteiger partial charge in [0.15, 0.2) is 0 Å². The van der Waals surface area contributed by atoms with Gasteiger partial charge in [-0.05, 0) is 25.5 Å². The number of oxime groups is 1. The second-order valence-corrected chi connectivity index (χ2v) is 5.08. The van der Waals surface area contributed by atoms with E-state index >= 15 is 0 Å². The number of aryl methyl sites for hydroxylation is 1. The molecule has 5 nitrogen and oxygen atoms in total. The highest BCUT2D eigenvalue weighted by Gasteiger charge is 2.21. The molecule has 0 bridgehead atoms. The Bertz CT molecular complexity index is 517. The van der Waals surface area contributed by atoms with Gasteiger partial charge < -0.3 is 15.8 Å². The summed E-state index contributed by atoms with van der Waals surface area (Å²) < 4.78 is 0. The van der Waals surface area contributed by atoms with E-state index in [-0.39, 0.29) is 17.7 Å². The Labute approximate surface area is 124 Å². The van der Waals surface area contributed by atoms with Crippen molar-refractivity contribution in [1.82, 2.24) is 4.90 Å². The number of hydrogen-bond donors (Lipinski definition) is 2. The molecular formula is C14H20ClN3O2. The van der Waals surface area contributed by atoms with Gasteiger partial charge in [-0.2, -0.15) is 0 Å². The van der Waals surface area contributed by atoms with Crippen LogP contribution in [0.4, 0.5) is 0 Å². The van der Waals surface area contributed by atoms with Crippen molar-refractivity contribution in [3.63, 3.8) is 0 Å². The van der Waals surface area contributed by atoms with Crippen molar-refractivity contribution in [1.29, 1.82) is 0 Å². The maximum absolute atomic E-state index is 12.5. The zero-order chi connectivity index (χ0) is 15.3. The molecule has 0 saturated heterocycles. The molecule has 1 rings (SSSR count). The van der Waals surface area contributed by atoms with Crippen LogP contribution in [-0.2, 0) is 0 Å². The fraction of sp³-hybridized carbons (Fsp3) is 0.429. The third kappa shape index (κ3) is 3.63. The van der Waals surface area contributed by atoms with Gasteiger partial charge in [0, 0.05) is 19.0 Å². The topological polar surface area (TPSA) is 78.9 Å². The molecule has 1 aromatic rings. The summed E-state index contributed by atoms with van der Waals surface area (Å²) in [5.74, 6) is -0.280. The highest BCUT2D eigenvalue weighted by atomic mass is 35.5. The number of nitrogens with two attached hydrogens (primary N) is 1. The largest absolute Gasteiger partial charge is 0.409 e. The highest BCUT2D eigenvalue weighted by molar-refractivity contribution is 6.34. The second kappa shape index (κ2) is 7.14. The summed E-state index contributed by atoms with van der Waals surface area (Å²) in [6.45, 7) is 6.42. The van der Waals surface area contributed by atoms with Crippen LogP contribution in [0.2, 0.25) is 5.02 Å². The first-order valence-electron chi connectivity index (χ1n) is 6.44. The van der Waals surface area contributed by atoms with Crippen LogP contribution in [-0.4, -0.2) is 34.9 Å². The minimum Gasteiger partial charge on any atom is -0.409 e. The molecule has 0 saturated carbocycles. The monoisotopic (exact) mass is 297 g/mol. The van der Waals surface area contributed by atoms with E-state index in [9.17, 15) is 4.79 Å². The summed E-state index contributed by atoms with van der Waals surface area (Å²) in [6.07, 6.45) is 0. The number of nitrogens with zero attached hydrogens (tertiary/aromatic N) is 2. The quantitative estimate of drug-likeness (QED) is 0.379. The van der Waals surface area contributed by atoms with E-state index in [1.807, 2.05) is 19.9 Å². The summed E-state index contributed by atoms with van der Waals surface area (Å²) in [6, 6.07) is 5.36. The van der Waals surface area contributed by atoms with Crippen LogP contribution in [0.15, 0.2) is 23.4 Å². The number of amidine groups is 1. The van der Waals surface area contributed by atoms with Gasteiger partial charge >= 0.3 is 0 Å². The maximum atomic E-state index is 12.5. The molecule has 1 unspecified atom stereocenters. The van der Waals surface area contributed by atoms with E-state index in [0.717, 1.165) is 5.56 Å². The first-order valence-corrected chi connectivity index (χ1v) is 6.81. The average molecular weight is 298 g/mol. The molecular weight excluding hydrogens is 278 g/mol. The lowest BCUT2D eigenvalue weighted by Crippen LogP contribution is -2.38. The number of carbonyl (C=O) groups excluding carboxylic acids is 1. The van der Waals surface area contributed by atoms with Crippen LogP contribution in [0.25, 0.3) is 0 Å². The molecule has 1 amide bonds. The molecule has 20 heavy (non-hydrogen) atoms. The number of hydrogen-bond acceptors (Lipinski definition) is 3. The lowest BCUT2D eigenvalue weighted by molar-refractivity contribution is 0.0754. The molecule has 0 aliphatic rings. The lowest BCUT2D eigenvalue weighted by atomic mass is 10.1. The number of amides is 1. The van der Waals surface area contributed by atoms with E-state index in [0.29, 0.717) is 23.7 Å². The predicted octanol–water partition coefficient (Wildman–Crippen LogP) is 2.49. The Morgan fingerprint density at radius 2 is 2.20 bits per heavy atom. The molecule has 6 heteroatoms. The van der Waals surface area contributed by atoms with Crippen molar-refractivity contribution < 1.29 is 10.0 Å². The number of carbonyl (C=O) groups is 1. The van der Waals surface area contributed by atoms with Crippen LogP contribution < -0.4 is 5.73 Å². The van der Waals surface area contributed by atoms with E-state index in [4.69, 9.17) is 22.5 Å². The van der Waals surface area contributed by atoms with Gasteiger partial charge in [0.25, 0.3) is 5.91 Å². The predicted molar refractivity (Wildman–Crippen MR) is 80.3 cm³/mol. The Morgan fingerprint density at radius 1 is 1.55 bits per heavy atom. The SMILES string of the molecule is CCN(CC(C)/C(N)=N/O)C(=O)c1cccc(C)c1Cl. The summed E-state index contributed by atoms with van der Waals surface area (Å²) in [5.41, 5.74) is 6.88. The first kappa shape index (κ1) is 16.3. The molecule has 1 atom stereocenters. The Kier molecular flexibility index (Phi) is 5.82. The van der Waals surface area contributed by atoms with Crippen molar-refractivity contribution in [3.05, 3.63) is 34.3 Å². The summed E-state index contributed by atoms with van der Waals surface area (Å²) in [5, 5.41) is 12.1. The molecule has 0 fully saturated rings. The number of halogens is 1. The van der Waals surface area contributed by atoms with Gasteiger partial charge in [-0.15, -0.1) is 0 Å². The van der Waals surface area contributed by atoms with E-state index in [1.54, 1.807) is 24.0 Å². The third-order valence-electron chi connectivity index (χ3n) is 3.21. The number of benzene rings is 1. The van der Waals surface area contributed by atoms with Crippen molar-refractivity contribution in [3.8, 4) is 0 Å². The van der Waals surface area contributed by atoms with Gasteiger partial charge in [0.2, 0.25) is 0 Å². The van der Waals surface area contributed by atoms with Crippen LogP contribution in [0, 0.1) is 12.8 Å². The fourth-order valence-corrected chi connectivity index (χ4v) is 2.07.